The number of anilines is 3. The zero-order valence-corrected chi connectivity index (χ0v) is 19.1. The highest BCUT2D eigenvalue weighted by molar-refractivity contribution is 5.99. The first-order chi connectivity index (χ1) is 17.9. The number of aromatic nitrogens is 2. The number of urea groups is 1. The summed E-state index contributed by atoms with van der Waals surface area (Å²) in [7, 11) is 0. The van der Waals surface area contributed by atoms with Crippen LogP contribution in [0.4, 0.5) is 39.5 Å². The minimum absolute atomic E-state index is 0.00249. The number of nitrogens with zero attached hydrogens (tertiary/aromatic N) is 3. The van der Waals surface area contributed by atoms with Crippen LogP contribution in [0.3, 0.4) is 0 Å². The van der Waals surface area contributed by atoms with Gasteiger partial charge in [-0.1, -0.05) is 6.07 Å². The molecule has 2 amide bonds. The zero-order chi connectivity index (χ0) is 25.9. The van der Waals surface area contributed by atoms with Crippen LogP contribution in [0.5, 0.6) is 11.5 Å². The molecule has 8 nitrogen and oxygen atoms in total. The van der Waals surface area contributed by atoms with Crippen molar-refractivity contribution in [2.24, 2.45) is 0 Å². The number of hydrogen-bond donors (Lipinski definition) is 2. The van der Waals surface area contributed by atoms with E-state index in [1.54, 1.807) is 12.3 Å². The minimum Gasteiger partial charge on any atom is -0.451 e. The Labute approximate surface area is 207 Å². The fourth-order valence-electron chi connectivity index (χ4n) is 3.72. The zero-order valence-electron chi connectivity index (χ0n) is 19.1. The van der Waals surface area contributed by atoms with Crippen molar-refractivity contribution in [3.63, 3.8) is 0 Å². The van der Waals surface area contributed by atoms with E-state index in [9.17, 15) is 22.4 Å². The average molecular weight is 513 g/mol. The molecule has 0 spiro atoms. The fourth-order valence-corrected chi connectivity index (χ4v) is 3.72. The predicted molar refractivity (Wildman–Crippen MR) is 128 cm³/mol. The van der Waals surface area contributed by atoms with E-state index in [1.165, 1.54) is 24.3 Å². The maximum absolute atomic E-state index is 14.8. The first kappa shape index (κ1) is 24.3. The Morgan fingerprint density at radius 3 is 2.54 bits per heavy atom. The fraction of sp³-hybridized carbons (Fsp3) is 0.160. The summed E-state index contributed by atoms with van der Waals surface area (Å²) >= 11 is 0. The van der Waals surface area contributed by atoms with E-state index in [4.69, 9.17) is 9.47 Å². The van der Waals surface area contributed by atoms with Gasteiger partial charge in [-0.05, 0) is 30.3 Å². The van der Waals surface area contributed by atoms with Gasteiger partial charge in [0.1, 0.15) is 17.4 Å². The van der Waals surface area contributed by atoms with Crippen LogP contribution in [-0.2, 0) is 4.74 Å². The number of fused-ring (bicyclic) bond motifs is 1. The van der Waals surface area contributed by atoms with Gasteiger partial charge in [-0.2, -0.15) is 4.39 Å². The number of ether oxygens (including phenoxy) is 2. The smallest absolute Gasteiger partial charge is 0.323 e. The number of halogens is 4. The summed E-state index contributed by atoms with van der Waals surface area (Å²) in [6.07, 6.45) is 1.62. The molecule has 0 bridgehead atoms. The lowest BCUT2D eigenvalue weighted by molar-refractivity contribution is 0.122. The number of carbonyl (C=O) groups excluding carboxylic acids is 1. The van der Waals surface area contributed by atoms with Gasteiger partial charge in [0.15, 0.2) is 11.6 Å². The van der Waals surface area contributed by atoms with Gasteiger partial charge in [0, 0.05) is 30.9 Å². The number of nitrogens with one attached hydrogen (secondary N) is 2. The SMILES string of the molecule is O=C(Nc1cccc(F)c1)Nc1cc(F)c(Oc2ccc3ncc(N4CCOCC4)nc3c2)c(F)c1F. The molecule has 1 fully saturated rings. The number of hydrogen-bond acceptors (Lipinski definition) is 6. The van der Waals surface area contributed by atoms with Crippen molar-refractivity contribution in [3.05, 3.63) is 78.0 Å². The molecule has 1 saturated heterocycles. The number of benzene rings is 3. The van der Waals surface area contributed by atoms with Gasteiger partial charge in [-0.3, -0.25) is 4.98 Å². The second-order valence-corrected chi connectivity index (χ2v) is 8.03. The molecule has 3 aromatic carbocycles. The summed E-state index contributed by atoms with van der Waals surface area (Å²) in [4.78, 5) is 23.0. The molecule has 1 aromatic heterocycles. The number of amides is 2. The Hall–Kier alpha value is -4.45. The van der Waals surface area contributed by atoms with Crippen LogP contribution in [0.15, 0.2) is 54.7 Å². The van der Waals surface area contributed by atoms with Crippen LogP contribution in [0.2, 0.25) is 0 Å². The van der Waals surface area contributed by atoms with Crippen molar-refractivity contribution >= 4 is 34.3 Å². The molecule has 1 aliphatic heterocycles. The lowest BCUT2D eigenvalue weighted by Crippen LogP contribution is -2.36. The van der Waals surface area contributed by atoms with Gasteiger partial charge < -0.3 is 25.0 Å². The van der Waals surface area contributed by atoms with Crippen molar-refractivity contribution in [2.75, 3.05) is 41.8 Å². The van der Waals surface area contributed by atoms with Crippen LogP contribution in [-0.4, -0.2) is 42.3 Å². The van der Waals surface area contributed by atoms with Gasteiger partial charge in [-0.25, -0.2) is 22.9 Å². The molecule has 0 unspecified atom stereocenters. The predicted octanol–water partition coefficient (Wildman–Crippen LogP) is 5.46. The van der Waals surface area contributed by atoms with Crippen LogP contribution >= 0.6 is 0 Å². The van der Waals surface area contributed by atoms with E-state index in [0.717, 1.165) is 12.1 Å². The van der Waals surface area contributed by atoms with Gasteiger partial charge in [0.2, 0.25) is 11.6 Å². The Kier molecular flexibility index (Phi) is 6.73. The summed E-state index contributed by atoms with van der Waals surface area (Å²) in [5, 5.41) is 4.24. The molecule has 5 rings (SSSR count). The van der Waals surface area contributed by atoms with Gasteiger partial charge in [-0.15, -0.1) is 0 Å². The van der Waals surface area contributed by atoms with E-state index < -0.39 is 40.7 Å². The van der Waals surface area contributed by atoms with Crippen molar-refractivity contribution in [2.45, 2.75) is 0 Å². The lowest BCUT2D eigenvalue weighted by Gasteiger charge is -2.27. The minimum atomic E-state index is -1.64. The van der Waals surface area contributed by atoms with Gasteiger partial charge >= 0.3 is 6.03 Å². The van der Waals surface area contributed by atoms with E-state index in [1.807, 2.05) is 10.2 Å². The molecule has 0 atom stereocenters. The Bertz CT molecular complexity index is 1480. The topological polar surface area (TPSA) is 88.6 Å². The highest BCUT2D eigenvalue weighted by Crippen LogP contribution is 2.34. The van der Waals surface area contributed by atoms with Crippen molar-refractivity contribution in [1.29, 1.82) is 0 Å². The first-order valence-electron chi connectivity index (χ1n) is 11.2. The molecule has 0 aliphatic carbocycles. The van der Waals surface area contributed by atoms with Crippen molar-refractivity contribution < 1.29 is 31.8 Å². The second kappa shape index (κ2) is 10.3. The Morgan fingerprint density at radius 2 is 1.76 bits per heavy atom. The molecule has 2 N–H and O–H groups in total. The monoisotopic (exact) mass is 513 g/mol. The molecular formula is C25H19F4N5O3. The molecule has 12 heteroatoms. The quantitative estimate of drug-likeness (QED) is 0.272. The van der Waals surface area contributed by atoms with Crippen LogP contribution in [0.25, 0.3) is 11.0 Å². The van der Waals surface area contributed by atoms with E-state index in [-0.39, 0.29) is 11.4 Å². The van der Waals surface area contributed by atoms with Crippen molar-refractivity contribution in [3.8, 4) is 11.5 Å². The summed E-state index contributed by atoms with van der Waals surface area (Å²) in [6.45, 7) is 2.41. The van der Waals surface area contributed by atoms with Crippen LogP contribution in [0.1, 0.15) is 0 Å². The third kappa shape index (κ3) is 5.38. The average Bonchev–Trinajstić information content (AvgIpc) is 2.89. The molecule has 37 heavy (non-hydrogen) atoms. The van der Waals surface area contributed by atoms with E-state index >= 15 is 0 Å². The molecule has 2 heterocycles. The number of morpholine rings is 1. The first-order valence-corrected chi connectivity index (χ1v) is 11.2. The van der Waals surface area contributed by atoms with Crippen LogP contribution < -0.4 is 20.3 Å². The molecule has 4 aromatic rings. The normalized spacial score (nSPS) is 13.5. The molecular weight excluding hydrogens is 494 g/mol. The Balaban J connectivity index is 1.35. The highest BCUT2D eigenvalue weighted by atomic mass is 19.2. The standard InChI is InChI=1S/C25H19F4N5O3/c26-14-2-1-3-15(10-14)31-25(35)33-20-12-17(27)24(23(29)22(20)28)37-16-4-5-18-19(11-16)32-21(13-30-18)34-6-8-36-9-7-34/h1-5,10-13H,6-9H2,(H2,31,33,35). The second-order valence-electron chi connectivity index (χ2n) is 8.03. The summed E-state index contributed by atoms with van der Waals surface area (Å²) in [5.74, 6) is -5.43. The third-order valence-corrected chi connectivity index (χ3v) is 5.50. The summed E-state index contributed by atoms with van der Waals surface area (Å²) in [5.41, 5.74) is 0.237. The van der Waals surface area contributed by atoms with Gasteiger partial charge in [0.25, 0.3) is 0 Å². The van der Waals surface area contributed by atoms with Crippen molar-refractivity contribution in [1.82, 2.24) is 9.97 Å². The lowest BCUT2D eigenvalue weighted by atomic mass is 10.2. The third-order valence-electron chi connectivity index (χ3n) is 5.50. The van der Waals surface area contributed by atoms with E-state index in [0.29, 0.717) is 49.2 Å². The highest BCUT2D eigenvalue weighted by Gasteiger charge is 2.23. The van der Waals surface area contributed by atoms with Gasteiger partial charge in [0.05, 0.1) is 36.1 Å². The summed E-state index contributed by atoms with van der Waals surface area (Å²) in [6, 6.07) is 8.87. The largest absolute Gasteiger partial charge is 0.451 e. The van der Waals surface area contributed by atoms with E-state index in [2.05, 4.69) is 15.3 Å². The molecule has 0 saturated carbocycles. The molecule has 0 radical (unpaired) electrons. The number of rotatable bonds is 5. The number of carbonyl (C=O) groups is 1. The molecule has 190 valence electrons. The Morgan fingerprint density at radius 1 is 0.946 bits per heavy atom. The van der Waals surface area contributed by atoms with Crippen LogP contribution in [0, 0.1) is 23.3 Å². The summed E-state index contributed by atoms with van der Waals surface area (Å²) < 4.78 is 68.1. The maximum atomic E-state index is 14.8. The maximum Gasteiger partial charge on any atom is 0.323 e. The molecule has 1 aliphatic rings.